The lowest BCUT2D eigenvalue weighted by Crippen LogP contribution is -2.46. The minimum atomic E-state index is 0. The van der Waals surface area contributed by atoms with Gasteiger partial charge in [-0.1, -0.05) is 26.2 Å². The van der Waals surface area contributed by atoms with E-state index in [-0.39, 0.29) is 24.0 Å². The van der Waals surface area contributed by atoms with Crippen LogP contribution in [-0.2, 0) is 0 Å². The van der Waals surface area contributed by atoms with Gasteiger partial charge in [0.25, 0.3) is 0 Å². The Bertz CT molecular complexity index is 357. The van der Waals surface area contributed by atoms with Gasteiger partial charge in [-0.15, -0.1) is 24.0 Å². The Morgan fingerprint density at radius 1 is 1.21 bits per heavy atom. The van der Waals surface area contributed by atoms with E-state index < -0.39 is 0 Å². The van der Waals surface area contributed by atoms with Crippen molar-refractivity contribution in [3.8, 4) is 0 Å². The summed E-state index contributed by atoms with van der Waals surface area (Å²) in [5.74, 6) is 0.965. The monoisotopic (exact) mass is 451 g/mol. The summed E-state index contributed by atoms with van der Waals surface area (Å²) in [6.07, 6.45) is 9.45. The van der Waals surface area contributed by atoms with Crippen LogP contribution in [0.15, 0.2) is 4.99 Å². The van der Waals surface area contributed by atoms with E-state index in [4.69, 9.17) is 0 Å². The maximum absolute atomic E-state index is 4.39. The summed E-state index contributed by atoms with van der Waals surface area (Å²) in [5, 5.41) is 7.08. The molecule has 0 radical (unpaired) electrons. The first-order valence-corrected chi connectivity index (χ1v) is 9.62. The minimum absolute atomic E-state index is 0. The molecule has 1 heterocycles. The van der Waals surface area contributed by atoms with Crippen molar-refractivity contribution in [3.05, 3.63) is 0 Å². The van der Waals surface area contributed by atoms with E-state index in [9.17, 15) is 0 Å². The molecule has 0 amide bonds. The molecule has 142 valence electrons. The molecule has 0 bridgehead atoms. The van der Waals surface area contributed by atoms with Crippen LogP contribution in [0.2, 0.25) is 0 Å². The predicted octanol–water partition coefficient (Wildman–Crippen LogP) is 2.52. The fraction of sp³-hybridized carbons (Fsp3) is 0.944. The second kappa shape index (κ2) is 12.3. The van der Waals surface area contributed by atoms with Crippen molar-refractivity contribution >= 4 is 29.9 Å². The largest absolute Gasteiger partial charge is 0.355 e. The normalized spacial score (nSPS) is 22.8. The number of aliphatic imine (C=N–C) groups is 1. The lowest BCUT2D eigenvalue weighted by atomic mass is 10.2. The highest BCUT2D eigenvalue weighted by Crippen LogP contribution is 2.26. The van der Waals surface area contributed by atoms with E-state index in [0.29, 0.717) is 6.04 Å². The van der Waals surface area contributed by atoms with Crippen molar-refractivity contribution in [3.63, 3.8) is 0 Å². The highest BCUT2D eigenvalue weighted by molar-refractivity contribution is 14.0. The summed E-state index contributed by atoms with van der Waals surface area (Å²) < 4.78 is 0. The fourth-order valence-electron chi connectivity index (χ4n) is 3.80. The number of guanidine groups is 1. The molecule has 6 heteroatoms. The van der Waals surface area contributed by atoms with E-state index in [1.807, 2.05) is 7.05 Å². The molecule has 0 aromatic heterocycles. The third-order valence-corrected chi connectivity index (χ3v) is 5.30. The van der Waals surface area contributed by atoms with Gasteiger partial charge in [-0.25, -0.2) is 0 Å². The van der Waals surface area contributed by atoms with Crippen LogP contribution in [0.1, 0.15) is 51.9 Å². The molecule has 5 nitrogen and oxygen atoms in total. The summed E-state index contributed by atoms with van der Waals surface area (Å²) in [6, 6.07) is 1.41. The number of halogens is 1. The molecule has 0 aromatic rings. The maximum Gasteiger partial charge on any atom is 0.191 e. The number of hydrogen-bond acceptors (Lipinski definition) is 3. The topological polar surface area (TPSA) is 42.9 Å². The molecule has 2 fully saturated rings. The SMILES string of the molecule is CCCCN(C)CCNC(=NC)NC1CCN(C2CCCC2)C1.I. The molecule has 1 aliphatic carbocycles. The summed E-state index contributed by atoms with van der Waals surface area (Å²) in [5.41, 5.74) is 0. The average Bonchev–Trinajstić information content (AvgIpc) is 3.23. The molecule has 1 aliphatic heterocycles. The second-order valence-corrected chi connectivity index (χ2v) is 7.22. The summed E-state index contributed by atoms with van der Waals surface area (Å²) >= 11 is 0. The average molecular weight is 451 g/mol. The van der Waals surface area contributed by atoms with Crippen LogP contribution in [0.4, 0.5) is 0 Å². The number of likely N-dealkylation sites (tertiary alicyclic amines) is 1. The standard InChI is InChI=1S/C18H37N5.HI/c1-4-5-12-22(3)14-11-20-18(19-2)21-16-10-13-23(15-16)17-8-6-7-9-17;/h16-17H,4-15H2,1-3H3,(H2,19,20,21);1H. The van der Waals surface area contributed by atoms with Crippen molar-refractivity contribution in [1.29, 1.82) is 0 Å². The van der Waals surface area contributed by atoms with Gasteiger partial charge in [-0.05, 0) is 39.3 Å². The van der Waals surface area contributed by atoms with Crippen LogP contribution < -0.4 is 10.6 Å². The van der Waals surface area contributed by atoms with Gasteiger partial charge >= 0.3 is 0 Å². The Balaban J connectivity index is 0.00000288. The van der Waals surface area contributed by atoms with Gasteiger partial charge in [0.05, 0.1) is 0 Å². The Morgan fingerprint density at radius 3 is 2.62 bits per heavy atom. The van der Waals surface area contributed by atoms with Crippen molar-refractivity contribution in [2.75, 3.05) is 46.8 Å². The summed E-state index contributed by atoms with van der Waals surface area (Å²) in [7, 11) is 4.07. The van der Waals surface area contributed by atoms with Crippen LogP contribution in [0, 0.1) is 0 Å². The lowest BCUT2D eigenvalue weighted by molar-refractivity contribution is 0.242. The van der Waals surface area contributed by atoms with Gasteiger partial charge in [-0.3, -0.25) is 9.89 Å². The highest BCUT2D eigenvalue weighted by Gasteiger charge is 2.30. The quantitative estimate of drug-likeness (QED) is 0.338. The molecule has 24 heavy (non-hydrogen) atoms. The van der Waals surface area contributed by atoms with E-state index >= 15 is 0 Å². The molecule has 1 saturated heterocycles. The molecule has 2 aliphatic rings. The number of nitrogens with one attached hydrogen (secondary N) is 2. The Kier molecular flexibility index (Phi) is 11.3. The first-order chi connectivity index (χ1) is 11.2. The summed E-state index contributed by atoms with van der Waals surface area (Å²) in [4.78, 5) is 9.47. The van der Waals surface area contributed by atoms with Gasteiger partial charge in [-0.2, -0.15) is 0 Å². The van der Waals surface area contributed by atoms with Crippen LogP contribution in [0.5, 0.6) is 0 Å². The fourth-order valence-corrected chi connectivity index (χ4v) is 3.80. The lowest BCUT2D eigenvalue weighted by Gasteiger charge is -2.24. The molecule has 1 saturated carbocycles. The van der Waals surface area contributed by atoms with E-state index in [1.54, 1.807) is 0 Å². The minimum Gasteiger partial charge on any atom is -0.355 e. The van der Waals surface area contributed by atoms with Crippen LogP contribution in [0.25, 0.3) is 0 Å². The number of rotatable bonds is 8. The van der Waals surface area contributed by atoms with Crippen LogP contribution in [0.3, 0.4) is 0 Å². The zero-order chi connectivity index (χ0) is 16.5. The van der Waals surface area contributed by atoms with Gasteiger partial charge in [0.1, 0.15) is 0 Å². The number of likely N-dealkylation sites (N-methyl/N-ethyl adjacent to an activating group) is 1. The first kappa shape index (κ1) is 22.0. The van der Waals surface area contributed by atoms with Crippen molar-refractivity contribution in [1.82, 2.24) is 20.4 Å². The predicted molar refractivity (Wildman–Crippen MR) is 115 cm³/mol. The zero-order valence-corrected chi connectivity index (χ0v) is 18.2. The number of nitrogens with zero attached hydrogens (tertiary/aromatic N) is 3. The molecule has 1 atom stereocenters. The zero-order valence-electron chi connectivity index (χ0n) is 15.9. The Hall–Kier alpha value is -0.0800. The molecular formula is C18H38IN5. The maximum atomic E-state index is 4.39. The first-order valence-electron chi connectivity index (χ1n) is 9.62. The van der Waals surface area contributed by atoms with Gasteiger partial charge in [0.2, 0.25) is 0 Å². The van der Waals surface area contributed by atoms with E-state index in [1.165, 1.54) is 64.6 Å². The van der Waals surface area contributed by atoms with Crippen LogP contribution >= 0.6 is 24.0 Å². The van der Waals surface area contributed by atoms with Crippen molar-refractivity contribution < 1.29 is 0 Å². The van der Waals surface area contributed by atoms with E-state index in [2.05, 4.69) is 39.4 Å². The summed E-state index contributed by atoms with van der Waals surface area (Å²) in [6.45, 7) is 7.89. The van der Waals surface area contributed by atoms with Crippen molar-refractivity contribution in [2.45, 2.75) is 64.0 Å². The third-order valence-electron chi connectivity index (χ3n) is 5.30. The van der Waals surface area contributed by atoms with Crippen LogP contribution in [-0.4, -0.2) is 74.7 Å². The third kappa shape index (κ3) is 7.44. The van der Waals surface area contributed by atoms with Gasteiger partial charge in [0.15, 0.2) is 5.96 Å². The molecular weight excluding hydrogens is 413 g/mol. The van der Waals surface area contributed by atoms with Gasteiger partial charge < -0.3 is 15.5 Å². The van der Waals surface area contributed by atoms with E-state index in [0.717, 1.165) is 25.1 Å². The molecule has 0 aromatic carbocycles. The number of hydrogen-bond donors (Lipinski definition) is 2. The Labute approximate surface area is 166 Å². The molecule has 2 N–H and O–H groups in total. The van der Waals surface area contributed by atoms with Crippen molar-refractivity contribution in [2.24, 2.45) is 4.99 Å². The molecule has 1 unspecified atom stereocenters. The molecule has 0 spiro atoms. The second-order valence-electron chi connectivity index (χ2n) is 7.22. The van der Waals surface area contributed by atoms with Gasteiger partial charge in [0, 0.05) is 45.3 Å². The highest BCUT2D eigenvalue weighted by atomic mass is 127. The smallest absolute Gasteiger partial charge is 0.191 e. The molecule has 2 rings (SSSR count). The number of unbranched alkanes of at least 4 members (excludes halogenated alkanes) is 1. The Morgan fingerprint density at radius 2 is 1.96 bits per heavy atom.